The third-order valence-corrected chi connectivity index (χ3v) is 6.23. The van der Waals surface area contributed by atoms with Crippen molar-refractivity contribution < 1.29 is 8.42 Å². The quantitative estimate of drug-likeness (QED) is 0.805. The Morgan fingerprint density at radius 1 is 1.35 bits per heavy atom. The number of sulfonamides is 1. The highest BCUT2D eigenvalue weighted by atomic mass is 32.2. The molecule has 0 bridgehead atoms. The summed E-state index contributed by atoms with van der Waals surface area (Å²) in [6.07, 6.45) is 8.49. The van der Waals surface area contributed by atoms with E-state index in [4.69, 9.17) is 0 Å². The predicted molar refractivity (Wildman–Crippen MR) is 79.4 cm³/mol. The van der Waals surface area contributed by atoms with Gasteiger partial charge in [0.05, 0.1) is 17.7 Å². The average Bonchev–Trinajstić information content (AvgIpc) is 2.38. The van der Waals surface area contributed by atoms with Crippen LogP contribution in [0.5, 0.6) is 0 Å². The van der Waals surface area contributed by atoms with Crippen LogP contribution in [-0.2, 0) is 10.0 Å². The monoisotopic (exact) mass is 298 g/mol. The van der Waals surface area contributed by atoms with Crippen LogP contribution in [0.25, 0.3) is 0 Å². The first kappa shape index (κ1) is 15.8. The van der Waals surface area contributed by atoms with E-state index in [0.717, 1.165) is 38.5 Å². The minimum Gasteiger partial charge on any atom is -0.213 e. The molecule has 0 spiro atoms. The molecular weight excluding hydrogens is 272 g/mol. The second kappa shape index (κ2) is 6.03. The number of hydrogen-bond acceptors (Lipinski definition) is 3. The van der Waals surface area contributed by atoms with E-state index >= 15 is 0 Å². The smallest absolute Gasteiger partial charge is 0.211 e. The van der Waals surface area contributed by atoms with Gasteiger partial charge in [0.15, 0.2) is 0 Å². The van der Waals surface area contributed by atoms with Gasteiger partial charge in [-0.05, 0) is 43.9 Å². The van der Waals surface area contributed by atoms with Crippen LogP contribution >= 0.6 is 0 Å². The Bertz CT molecular complexity index is 483. The van der Waals surface area contributed by atoms with Gasteiger partial charge in [-0.25, -0.2) is 12.7 Å². The Hall–Kier alpha value is -0.600. The van der Waals surface area contributed by atoms with Gasteiger partial charge in [0.2, 0.25) is 10.0 Å². The van der Waals surface area contributed by atoms with Crippen LogP contribution in [0.3, 0.4) is 0 Å². The molecule has 3 unspecified atom stereocenters. The van der Waals surface area contributed by atoms with Crippen LogP contribution in [0.2, 0.25) is 0 Å². The summed E-state index contributed by atoms with van der Waals surface area (Å²) in [5, 5.41) is 9.63. The second-order valence-corrected chi connectivity index (χ2v) is 8.91. The topological polar surface area (TPSA) is 61.2 Å². The molecule has 4 nitrogen and oxygen atoms in total. The van der Waals surface area contributed by atoms with Crippen LogP contribution in [0.15, 0.2) is 0 Å². The lowest BCUT2D eigenvalue weighted by atomic mass is 9.66. The molecular formula is C15H26N2O2S. The molecule has 0 aromatic heterocycles. The van der Waals surface area contributed by atoms with Crippen molar-refractivity contribution in [2.45, 2.75) is 51.9 Å². The fourth-order valence-electron chi connectivity index (χ4n) is 4.04. The average molecular weight is 298 g/mol. The third kappa shape index (κ3) is 3.73. The Morgan fingerprint density at radius 2 is 2.10 bits per heavy atom. The largest absolute Gasteiger partial charge is 0.213 e. The van der Waals surface area contributed by atoms with Gasteiger partial charge in [-0.3, -0.25) is 0 Å². The highest BCUT2D eigenvalue weighted by Crippen LogP contribution is 2.44. The number of nitrogens with zero attached hydrogens (tertiary/aromatic N) is 2. The van der Waals surface area contributed by atoms with Gasteiger partial charge in [-0.2, -0.15) is 5.26 Å². The Balaban J connectivity index is 2.03. The van der Waals surface area contributed by atoms with E-state index in [2.05, 4.69) is 13.0 Å². The fourth-order valence-corrected chi connectivity index (χ4v) is 4.98. The molecule has 2 rings (SSSR count). The minimum absolute atomic E-state index is 0.206. The van der Waals surface area contributed by atoms with Crippen molar-refractivity contribution in [3.63, 3.8) is 0 Å². The van der Waals surface area contributed by atoms with Crippen LogP contribution in [0, 0.1) is 28.6 Å². The van der Waals surface area contributed by atoms with Gasteiger partial charge in [0.25, 0.3) is 0 Å². The zero-order valence-electron chi connectivity index (χ0n) is 12.6. The normalized spacial score (nSPS) is 36.5. The van der Waals surface area contributed by atoms with Gasteiger partial charge in [-0.15, -0.1) is 0 Å². The van der Waals surface area contributed by atoms with Gasteiger partial charge in [0, 0.05) is 13.1 Å². The molecule has 2 aliphatic rings. The first-order chi connectivity index (χ1) is 9.35. The predicted octanol–water partition coefficient (Wildman–Crippen LogP) is 2.77. The van der Waals surface area contributed by atoms with Crippen molar-refractivity contribution in [2.24, 2.45) is 17.3 Å². The SMILES string of the molecule is CC1CCCC(C#N)(CC2CCCN(S(C)(=O)=O)C2)C1. The number of rotatable bonds is 3. The number of piperidine rings is 1. The van der Waals surface area contributed by atoms with E-state index in [9.17, 15) is 13.7 Å². The minimum atomic E-state index is -3.09. The molecule has 5 heteroatoms. The molecule has 0 aromatic rings. The van der Waals surface area contributed by atoms with Crippen molar-refractivity contribution >= 4 is 10.0 Å². The summed E-state index contributed by atoms with van der Waals surface area (Å²) in [4.78, 5) is 0. The lowest BCUT2D eigenvalue weighted by Gasteiger charge is -2.39. The van der Waals surface area contributed by atoms with Crippen LogP contribution < -0.4 is 0 Å². The first-order valence-electron chi connectivity index (χ1n) is 7.71. The maximum atomic E-state index is 11.7. The Labute approximate surface area is 123 Å². The van der Waals surface area contributed by atoms with Gasteiger partial charge < -0.3 is 0 Å². The summed E-state index contributed by atoms with van der Waals surface area (Å²) in [5.41, 5.74) is -0.206. The van der Waals surface area contributed by atoms with Crippen molar-refractivity contribution in [1.29, 1.82) is 5.26 Å². The molecule has 1 heterocycles. The van der Waals surface area contributed by atoms with E-state index in [1.54, 1.807) is 4.31 Å². The lowest BCUT2D eigenvalue weighted by Crippen LogP contribution is -2.41. The summed E-state index contributed by atoms with van der Waals surface area (Å²) in [6, 6.07) is 2.58. The molecule has 0 amide bonds. The number of hydrogen-bond donors (Lipinski definition) is 0. The maximum absolute atomic E-state index is 11.7. The van der Waals surface area contributed by atoms with E-state index in [-0.39, 0.29) is 5.41 Å². The highest BCUT2D eigenvalue weighted by molar-refractivity contribution is 7.88. The van der Waals surface area contributed by atoms with E-state index in [0.29, 0.717) is 24.9 Å². The molecule has 1 aliphatic carbocycles. The molecule has 0 aromatic carbocycles. The third-order valence-electron chi connectivity index (χ3n) is 4.96. The zero-order valence-corrected chi connectivity index (χ0v) is 13.5. The standard InChI is InChI=1S/C15H26N2O2S/c1-13-5-3-7-15(9-13,12-16)10-14-6-4-8-17(11-14)20(2,18)19/h13-14H,3-11H2,1-2H3. The zero-order chi connectivity index (χ0) is 14.8. The van der Waals surface area contributed by atoms with E-state index < -0.39 is 10.0 Å². The molecule has 0 radical (unpaired) electrons. The summed E-state index contributed by atoms with van der Waals surface area (Å²) in [5.74, 6) is 0.974. The van der Waals surface area contributed by atoms with Crippen molar-refractivity contribution in [1.82, 2.24) is 4.31 Å². The molecule has 1 saturated heterocycles. The second-order valence-electron chi connectivity index (χ2n) is 6.93. The summed E-state index contributed by atoms with van der Waals surface area (Å²) in [6.45, 7) is 3.48. The van der Waals surface area contributed by atoms with E-state index in [1.165, 1.54) is 12.7 Å². The lowest BCUT2D eigenvalue weighted by molar-refractivity contribution is 0.140. The molecule has 20 heavy (non-hydrogen) atoms. The summed E-state index contributed by atoms with van der Waals surface area (Å²) >= 11 is 0. The molecule has 3 atom stereocenters. The van der Waals surface area contributed by atoms with Gasteiger partial charge in [-0.1, -0.05) is 19.8 Å². The molecule has 2 fully saturated rings. The molecule has 1 saturated carbocycles. The van der Waals surface area contributed by atoms with Crippen molar-refractivity contribution in [2.75, 3.05) is 19.3 Å². The summed E-state index contributed by atoms with van der Waals surface area (Å²) < 4.78 is 25.0. The maximum Gasteiger partial charge on any atom is 0.211 e. The van der Waals surface area contributed by atoms with Crippen LogP contribution in [0.4, 0.5) is 0 Å². The Kier molecular flexibility index (Phi) is 4.76. The van der Waals surface area contributed by atoms with Crippen molar-refractivity contribution in [3.05, 3.63) is 0 Å². The Morgan fingerprint density at radius 3 is 2.70 bits per heavy atom. The molecule has 1 aliphatic heterocycles. The fraction of sp³-hybridized carbons (Fsp3) is 0.933. The van der Waals surface area contributed by atoms with E-state index in [1.807, 2.05) is 0 Å². The van der Waals surface area contributed by atoms with Crippen LogP contribution in [0.1, 0.15) is 51.9 Å². The van der Waals surface area contributed by atoms with Gasteiger partial charge in [0.1, 0.15) is 0 Å². The number of nitriles is 1. The first-order valence-corrected chi connectivity index (χ1v) is 9.56. The van der Waals surface area contributed by atoms with Crippen molar-refractivity contribution in [3.8, 4) is 6.07 Å². The summed E-state index contributed by atoms with van der Waals surface area (Å²) in [7, 11) is -3.09. The van der Waals surface area contributed by atoms with Gasteiger partial charge >= 0.3 is 0 Å². The molecule has 114 valence electrons. The molecule has 0 N–H and O–H groups in total. The van der Waals surface area contributed by atoms with Crippen LogP contribution in [-0.4, -0.2) is 32.1 Å². The highest BCUT2D eigenvalue weighted by Gasteiger charge is 2.38.